The number of anilines is 1. The molecule has 8 heteroatoms. The molecule has 0 unspecified atom stereocenters. The molecule has 0 fully saturated rings. The van der Waals surface area contributed by atoms with Crippen LogP contribution in [0.1, 0.15) is 37.6 Å². The van der Waals surface area contributed by atoms with Gasteiger partial charge in [-0.15, -0.1) is 0 Å². The Balaban J connectivity index is 1.55. The Bertz CT molecular complexity index is 852. The van der Waals surface area contributed by atoms with Gasteiger partial charge < -0.3 is 19.7 Å². The second kappa shape index (κ2) is 7.92. The Hall–Kier alpha value is -3.03. The van der Waals surface area contributed by atoms with Gasteiger partial charge in [0.2, 0.25) is 0 Å². The molecule has 1 aliphatic rings. The highest BCUT2D eigenvalue weighted by Crippen LogP contribution is 2.25. The summed E-state index contributed by atoms with van der Waals surface area (Å²) in [6, 6.07) is 7.50. The first-order chi connectivity index (χ1) is 13.2. The summed E-state index contributed by atoms with van der Waals surface area (Å²) in [5.74, 6) is 0.832. The predicted octanol–water partition coefficient (Wildman–Crippen LogP) is 3.03. The lowest BCUT2D eigenvalue weighted by atomic mass is 10.1. The number of carbonyl (C=O) groups excluding carboxylic acids is 2. The van der Waals surface area contributed by atoms with Crippen LogP contribution in [-0.2, 0) is 22.5 Å². The molecule has 8 nitrogen and oxygen atoms in total. The number of benzene rings is 1. The molecular formula is C20H26N4O4. The maximum Gasteiger partial charge on any atom is 0.410 e. The van der Waals surface area contributed by atoms with Crippen LogP contribution in [0.2, 0.25) is 0 Å². The fourth-order valence-electron chi connectivity index (χ4n) is 2.86. The third kappa shape index (κ3) is 5.03. The third-order valence-corrected chi connectivity index (χ3v) is 4.23. The van der Waals surface area contributed by atoms with E-state index in [-0.39, 0.29) is 18.6 Å². The smallest absolute Gasteiger partial charge is 0.410 e. The first-order valence-corrected chi connectivity index (χ1v) is 9.24. The molecule has 150 valence electrons. The molecule has 0 saturated carbocycles. The number of rotatable bonds is 4. The number of fused-ring (bicyclic) bond motifs is 1. The number of aromatic amines is 1. The zero-order valence-corrected chi connectivity index (χ0v) is 16.7. The highest BCUT2D eigenvalue weighted by Gasteiger charge is 2.28. The lowest BCUT2D eigenvalue weighted by Gasteiger charge is -2.29. The third-order valence-electron chi connectivity index (χ3n) is 4.23. The molecule has 0 atom stereocenters. The van der Waals surface area contributed by atoms with Crippen molar-refractivity contribution in [2.24, 2.45) is 0 Å². The first-order valence-electron chi connectivity index (χ1n) is 9.24. The van der Waals surface area contributed by atoms with Gasteiger partial charge in [0.25, 0.3) is 5.91 Å². The zero-order chi connectivity index (χ0) is 20.3. The van der Waals surface area contributed by atoms with E-state index in [0.717, 1.165) is 16.8 Å². The molecule has 1 aliphatic heterocycles. The Morgan fingerprint density at radius 3 is 2.64 bits per heavy atom. The maximum absolute atomic E-state index is 12.2. The van der Waals surface area contributed by atoms with Gasteiger partial charge in [-0.1, -0.05) is 17.7 Å². The van der Waals surface area contributed by atoms with Crippen molar-refractivity contribution in [2.75, 3.05) is 18.5 Å². The lowest BCUT2D eigenvalue weighted by molar-refractivity contribution is -0.118. The van der Waals surface area contributed by atoms with Crippen LogP contribution in [0.4, 0.5) is 10.6 Å². The van der Waals surface area contributed by atoms with E-state index in [1.165, 1.54) is 0 Å². The summed E-state index contributed by atoms with van der Waals surface area (Å²) in [6.45, 7) is 8.27. The summed E-state index contributed by atoms with van der Waals surface area (Å²) in [5, 5.41) is 9.86. The van der Waals surface area contributed by atoms with Gasteiger partial charge in [0.1, 0.15) is 11.4 Å². The Kier molecular flexibility index (Phi) is 5.58. The number of hydrogen-bond acceptors (Lipinski definition) is 5. The van der Waals surface area contributed by atoms with Gasteiger partial charge in [-0.05, 0) is 46.2 Å². The minimum absolute atomic E-state index is 0.102. The van der Waals surface area contributed by atoms with Gasteiger partial charge in [-0.3, -0.25) is 9.89 Å². The van der Waals surface area contributed by atoms with Crippen molar-refractivity contribution in [3.63, 3.8) is 0 Å². The van der Waals surface area contributed by atoms with Crippen LogP contribution in [0.25, 0.3) is 0 Å². The number of carbonyl (C=O) groups is 2. The minimum atomic E-state index is -0.540. The summed E-state index contributed by atoms with van der Waals surface area (Å²) in [5.41, 5.74) is 2.29. The van der Waals surface area contributed by atoms with Gasteiger partial charge in [-0.2, -0.15) is 5.10 Å². The fourth-order valence-corrected chi connectivity index (χ4v) is 2.86. The molecule has 2 N–H and O–H groups in total. The number of amides is 2. The van der Waals surface area contributed by atoms with E-state index in [1.807, 2.05) is 52.0 Å². The van der Waals surface area contributed by atoms with Crippen LogP contribution in [0.15, 0.2) is 24.3 Å². The average molecular weight is 386 g/mol. The second-order valence-electron chi connectivity index (χ2n) is 7.83. The second-order valence-corrected chi connectivity index (χ2v) is 7.83. The van der Waals surface area contributed by atoms with Crippen molar-refractivity contribution in [1.82, 2.24) is 15.1 Å². The van der Waals surface area contributed by atoms with Gasteiger partial charge in [0.15, 0.2) is 12.4 Å². The Labute approximate surface area is 164 Å². The van der Waals surface area contributed by atoms with Gasteiger partial charge in [0.05, 0.1) is 12.2 Å². The molecule has 2 aromatic rings. The SMILES string of the molecule is Cc1ccc(OCC(=O)Nc2n[nH]c3c2CCN(C(=O)OC(C)(C)C)C3)cc1. The van der Waals surface area contributed by atoms with Crippen LogP contribution in [0, 0.1) is 6.92 Å². The number of H-pyrrole nitrogens is 1. The average Bonchev–Trinajstić information content (AvgIpc) is 3.02. The molecule has 3 rings (SSSR count). The summed E-state index contributed by atoms with van der Waals surface area (Å²) in [4.78, 5) is 26.0. The normalized spacial score (nSPS) is 13.6. The van der Waals surface area contributed by atoms with Crippen LogP contribution in [0.3, 0.4) is 0 Å². The largest absolute Gasteiger partial charge is 0.484 e. The number of aryl methyl sites for hydroxylation is 1. The molecule has 0 saturated heterocycles. The van der Waals surface area contributed by atoms with Gasteiger partial charge in [0, 0.05) is 12.1 Å². The highest BCUT2D eigenvalue weighted by atomic mass is 16.6. The number of nitrogens with zero attached hydrogens (tertiary/aromatic N) is 2. The topological polar surface area (TPSA) is 96.5 Å². The fraction of sp³-hybridized carbons (Fsp3) is 0.450. The van der Waals surface area contributed by atoms with Gasteiger partial charge in [-0.25, -0.2) is 4.79 Å². The van der Waals surface area contributed by atoms with E-state index in [4.69, 9.17) is 9.47 Å². The van der Waals surface area contributed by atoms with E-state index >= 15 is 0 Å². The van der Waals surface area contributed by atoms with Crippen LogP contribution < -0.4 is 10.1 Å². The monoisotopic (exact) mass is 386 g/mol. The quantitative estimate of drug-likeness (QED) is 0.842. The van der Waals surface area contributed by atoms with Crippen molar-refractivity contribution in [2.45, 2.75) is 46.3 Å². The van der Waals surface area contributed by atoms with Crippen molar-refractivity contribution < 1.29 is 19.1 Å². The number of aromatic nitrogens is 2. The maximum atomic E-state index is 12.2. The molecule has 0 spiro atoms. The summed E-state index contributed by atoms with van der Waals surface area (Å²) in [7, 11) is 0. The van der Waals surface area contributed by atoms with Crippen molar-refractivity contribution in [3.8, 4) is 5.75 Å². The zero-order valence-electron chi connectivity index (χ0n) is 16.7. The van der Waals surface area contributed by atoms with E-state index in [0.29, 0.717) is 31.1 Å². The number of ether oxygens (including phenoxy) is 2. The van der Waals surface area contributed by atoms with E-state index in [2.05, 4.69) is 15.5 Å². The Morgan fingerprint density at radius 2 is 1.96 bits per heavy atom. The molecule has 2 heterocycles. The molecule has 2 amide bonds. The number of hydrogen-bond donors (Lipinski definition) is 2. The predicted molar refractivity (Wildman–Crippen MR) is 104 cm³/mol. The summed E-state index contributed by atoms with van der Waals surface area (Å²) in [6.07, 6.45) is 0.226. The standard InChI is InChI=1S/C20H26N4O4/c1-13-5-7-14(8-6-13)27-12-17(25)21-18-15-9-10-24(11-16(15)22-23-18)19(26)28-20(2,3)4/h5-8H,9-12H2,1-4H3,(H2,21,22,23,25). The molecule has 1 aromatic carbocycles. The first kappa shape index (κ1) is 19.7. The molecule has 28 heavy (non-hydrogen) atoms. The van der Waals surface area contributed by atoms with E-state index < -0.39 is 5.60 Å². The van der Waals surface area contributed by atoms with Crippen molar-refractivity contribution >= 4 is 17.8 Å². The summed E-state index contributed by atoms with van der Waals surface area (Å²) >= 11 is 0. The number of nitrogens with one attached hydrogen (secondary N) is 2. The minimum Gasteiger partial charge on any atom is -0.484 e. The van der Waals surface area contributed by atoms with Crippen LogP contribution in [-0.4, -0.2) is 45.9 Å². The molecule has 1 aromatic heterocycles. The van der Waals surface area contributed by atoms with E-state index in [9.17, 15) is 9.59 Å². The lowest BCUT2D eigenvalue weighted by Crippen LogP contribution is -2.40. The Morgan fingerprint density at radius 1 is 1.25 bits per heavy atom. The van der Waals surface area contributed by atoms with Crippen molar-refractivity contribution in [1.29, 1.82) is 0 Å². The van der Waals surface area contributed by atoms with Crippen LogP contribution in [0.5, 0.6) is 5.75 Å². The van der Waals surface area contributed by atoms with Crippen molar-refractivity contribution in [3.05, 3.63) is 41.1 Å². The molecule has 0 bridgehead atoms. The highest BCUT2D eigenvalue weighted by molar-refractivity contribution is 5.91. The molecule has 0 aliphatic carbocycles. The van der Waals surface area contributed by atoms with Crippen LogP contribution >= 0.6 is 0 Å². The molecule has 0 radical (unpaired) electrons. The van der Waals surface area contributed by atoms with Gasteiger partial charge >= 0.3 is 6.09 Å². The summed E-state index contributed by atoms with van der Waals surface area (Å²) < 4.78 is 10.9. The van der Waals surface area contributed by atoms with E-state index in [1.54, 1.807) is 4.90 Å². The molecular weight excluding hydrogens is 360 g/mol.